The summed E-state index contributed by atoms with van der Waals surface area (Å²) >= 11 is 0. The molecule has 1 aromatic rings. The molecule has 3 N–H and O–H groups in total. The lowest BCUT2D eigenvalue weighted by molar-refractivity contribution is -0.122. The molecule has 142 valence electrons. The molecule has 3 amide bonds. The second-order valence-electron chi connectivity index (χ2n) is 7.04. The van der Waals surface area contributed by atoms with Gasteiger partial charge in [-0.15, -0.1) is 0 Å². The zero-order valence-corrected chi connectivity index (χ0v) is 15.5. The molecule has 0 fully saturated rings. The third kappa shape index (κ3) is 5.94. The van der Waals surface area contributed by atoms with Gasteiger partial charge in [0.2, 0.25) is 5.91 Å². The molecule has 0 saturated carbocycles. The fourth-order valence-corrected chi connectivity index (χ4v) is 2.26. The van der Waals surface area contributed by atoms with Gasteiger partial charge in [0.25, 0.3) is 5.91 Å². The molecule has 8 heteroatoms. The first-order valence-electron chi connectivity index (χ1n) is 8.52. The largest absolute Gasteiger partial charge is 0.479 e. The highest BCUT2D eigenvalue weighted by molar-refractivity contribution is 5.99. The summed E-state index contributed by atoms with van der Waals surface area (Å²) < 4.78 is 10.6. The number of hydrogen-bond donors (Lipinski definition) is 3. The topological polar surface area (TPSA) is 106 Å². The van der Waals surface area contributed by atoms with Gasteiger partial charge in [-0.05, 0) is 52.3 Å². The summed E-state index contributed by atoms with van der Waals surface area (Å²) in [7, 11) is 0. The third-order valence-electron chi connectivity index (χ3n) is 3.44. The maximum Gasteiger partial charge on any atom is 0.407 e. The van der Waals surface area contributed by atoms with Crippen LogP contribution in [0, 0.1) is 0 Å². The lowest BCUT2D eigenvalue weighted by Crippen LogP contribution is -2.34. The van der Waals surface area contributed by atoms with Gasteiger partial charge in [0.1, 0.15) is 11.4 Å². The van der Waals surface area contributed by atoms with Gasteiger partial charge < -0.3 is 25.4 Å². The first kappa shape index (κ1) is 19.6. The molecule has 1 aromatic carbocycles. The van der Waals surface area contributed by atoms with E-state index >= 15 is 0 Å². The maximum absolute atomic E-state index is 12.0. The summed E-state index contributed by atoms with van der Waals surface area (Å²) in [4.78, 5) is 35.1. The Kier molecular flexibility index (Phi) is 6.07. The van der Waals surface area contributed by atoms with Crippen LogP contribution in [-0.4, -0.2) is 36.2 Å². The van der Waals surface area contributed by atoms with Crippen LogP contribution in [0.3, 0.4) is 0 Å². The van der Waals surface area contributed by atoms with Crippen LogP contribution in [0.5, 0.6) is 5.75 Å². The highest BCUT2D eigenvalue weighted by Gasteiger charge is 2.23. The fraction of sp³-hybridized carbons (Fsp3) is 0.500. The van der Waals surface area contributed by atoms with E-state index in [4.69, 9.17) is 9.47 Å². The Bertz CT molecular complexity index is 697. The average molecular weight is 363 g/mol. The van der Waals surface area contributed by atoms with Gasteiger partial charge in [0.15, 0.2) is 6.10 Å². The maximum atomic E-state index is 12.0. The molecule has 0 bridgehead atoms. The summed E-state index contributed by atoms with van der Waals surface area (Å²) in [5, 5.41) is 8.09. The predicted octanol–water partition coefficient (Wildman–Crippen LogP) is 2.65. The minimum Gasteiger partial charge on any atom is -0.479 e. The zero-order chi connectivity index (χ0) is 19.3. The minimum atomic E-state index is -0.551. The number of alkyl carbamates (subject to hydrolysis) is 1. The number of hydrogen-bond acceptors (Lipinski definition) is 5. The fourth-order valence-electron chi connectivity index (χ4n) is 2.26. The van der Waals surface area contributed by atoms with Gasteiger partial charge in [-0.25, -0.2) is 4.79 Å². The predicted molar refractivity (Wildman–Crippen MR) is 97.3 cm³/mol. The Morgan fingerprint density at radius 3 is 2.73 bits per heavy atom. The number of carbonyl (C=O) groups is 3. The van der Waals surface area contributed by atoms with Gasteiger partial charge in [-0.2, -0.15) is 0 Å². The summed E-state index contributed by atoms with van der Waals surface area (Å²) in [6.07, 6.45) is -0.321. The van der Waals surface area contributed by atoms with E-state index in [1.165, 1.54) is 0 Å². The summed E-state index contributed by atoms with van der Waals surface area (Å²) in [5.41, 5.74) is 0.537. The number of rotatable bonds is 5. The molecular weight excluding hydrogens is 338 g/mol. The molecule has 0 aliphatic carbocycles. The Labute approximate surface area is 152 Å². The second kappa shape index (κ2) is 8.07. The van der Waals surface area contributed by atoms with Crippen LogP contribution in [-0.2, 0) is 14.3 Å². The van der Waals surface area contributed by atoms with E-state index in [0.29, 0.717) is 30.1 Å². The molecule has 8 nitrogen and oxygen atoms in total. The van der Waals surface area contributed by atoms with Crippen molar-refractivity contribution < 1.29 is 23.9 Å². The SMILES string of the molecule is C[C@@H]1Oc2ccc(NC(=O)CCCNC(=O)OC(C)(C)C)cc2NC1=O. The monoisotopic (exact) mass is 363 g/mol. The summed E-state index contributed by atoms with van der Waals surface area (Å²) in [6.45, 7) is 7.36. The number of fused-ring (bicyclic) bond motifs is 1. The van der Waals surface area contributed by atoms with Crippen molar-refractivity contribution >= 4 is 29.3 Å². The molecule has 1 heterocycles. The average Bonchev–Trinajstić information content (AvgIpc) is 2.51. The molecule has 0 saturated heterocycles. The van der Waals surface area contributed by atoms with Crippen molar-refractivity contribution in [1.82, 2.24) is 5.32 Å². The van der Waals surface area contributed by atoms with E-state index in [9.17, 15) is 14.4 Å². The van der Waals surface area contributed by atoms with E-state index in [1.807, 2.05) is 0 Å². The molecular formula is C18H25N3O5. The van der Waals surface area contributed by atoms with Crippen LogP contribution in [0.4, 0.5) is 16.2 Å². The Morgan fingerprint density at radius 2 is 2.04 bits per heavy atom. The molecule has 1 aliphatic rings. The first-order valence-corrected chi connectivity index (χ1v) is 8.52. The third-order valence-corrected chi connectivity index (χ3v) is 3.44. The normalized spacial score (nSPS) is 16.0. The molecule has 0 unspecified atom stereocenters. The molecule has 1 aliphatic heterocycles. The molecule has 0 radical (unpaired) electrons. The number of amides is 3. The lowest BCUT2D eigenvalue weighted by atomic mass is 10.2. The minimum absolute atomic E-state index is 0.188. The van der Waals surface area contributed by atoms with Crippen molar-refractivity contribution in [2.24, 2.45) is 0 Å². The first-order chi connectivity index (χ1) is 12.1. The van der Waals surface area contributed by atoms with Crippen molar-refractivity contribution in [2.75, 3.05) is 17.2 Å². The van der Waals surface area contributed by atoms with Crippen molar-refractivity contribution in [3.05, 3.63) is 18.2 Å². The second-order valence-corrected chi connectivity index (χ2v) is 7.04. The molecule has 0 aromatic heterocycles. The quantitative estimate of drug-likeness (QED) is 0.698. The van der Waals surface area contributed by atoms with Crippen molar-refractivity contribution in [2.45, 2.75) is 52.2 Å². The summed E-state index contributed by atoms with van der Waals surface area (Å²) in [6, 6.07) is 5.06. The van der Waals surface area contributed by atoms with Gasteiger partial charge >= 0.3 is 6.09 Å². The van der Waals surface area contributed by atoms with E-state index < -0.39 is 17.8 Å². The van der Waals surface area contributed by atoms with Gasteiger partial charge in [-0.1, -0.05) is 0 Å². The number of ether oxygens (including phenoxy) is 2. The van der Waals surface area contributed by atoms with Crippen LogP contribution in [0.2, 0.25) is 0 Å². The smallest absolute Gasteiger partial charge is 0.407 e. The van der Waals surface area contributed by atoms with Crippen LogP contribution in [0.25, 0.3) is 0 Å². The van der Waals surface area contributed by atoms with E-state index in [1.54, 1.807) is 45.9 Å². The zero-order valence-electron chi connectivity index (χ0n) is 15.5. The Hall–Kier alpha value is -2.77. The van der Waals surface area contributed by atoms with E-state index in [0.717, 1.165) is 0 Å². The number of anilines is 2. The van der Waals surface area contributed by atoms with Gasteiger partial charge in [-0.3, -0.25) is 9.59 Å². The Balaban J connectivity index is 1.76. The highest BCUT2D eigenvalue weighted by atomic mass is 16.6. The molecule has 1 atom stereocenters. The van der Waals surface area contributed by atoms with Crippen LogP contribution in [0.15, 0.2) is 18.2 Å². The standard InChI is InChI=1S/C18H25N3O5/c1-11-16(23)21-13-10-12(7-8-14(13)25-11)20-15(22)6-5-9-19-17(24)26-18(2,3)4/h7-8,10-11H,5-6,9H2,1-4H3,(H,19,24)(H,20,22)(H,21,23)/t11-/m0/s1. The van der Waals surface area contributed by atoms with E-state index in [2.05, 4.69) is 16.0 Å². The van der Waals surface area contributed by atoms with Crippen LogP contribution < -0.4 is 20.7 Å². The van der Waals surface area contributed by atoms with Crippen LogP contribution in [0.1, 0.15) is 40.5 Å². The van der Waals surface area contributed by atoms with Crippen molar-refractivity contribution in [1.29, 1.82) is 0 Å². The van der Waals surface area contributed by atoms with Crippen LogP contribution >= 0.6 is 0 Å². The molecule has 2 rings (SSSR count). The van der Waals surface area contributed by atoms with E-state index in [-0.39, 0.29) is 18.2 Å². The molecule has 26 heavy (non-hydrogen) atoms. The van der Waals surface area contributed by atoms with Gasteiger partial charge in [0.05, 0.1) is 5.69 Å². The van der Waals surface area contributed by atoms with Crippen molar-refractivity contribution in [3.8, 4) is 5.75 Å². The molecule has 0 spiro atoms. The Morgan fingerprint density at radius 1 is 1.31 bits per heavy atom. The number of benzene rings is 1. The number of nitrogens with one attached hydrogen (secondary N) is 3. The van der Waals surface area contributed by atoms with Gasteiger partial charge in [0, 0.05) is 18.7 Å². The lowest BCUT2D eigenvalue weighted by Gasteiger charge is -2.23. The highest BCUT2D eigenvalue weighted by Crippen LogP contribution is 2.32. The van der Waals surface area contributed by atoms with Crippen molar-refractivity contribution in [3.63, 3.8) is 0 Å². The summed E-state index contributed by atoms with van der Waals surface area (Å²) in [5.74, 6) is 0.151. The number of carbonyl (C=O) groups excluding carboxylic acids is 3.